The summed E-state index contributed by atoms with van der Waals surface area (Å²) in [5.41, 5.74) is -0.259. The van der Waals surface area contributed by atoms with Crippen LogP contribution in [0.25, 0.3) is 0 Å². The molecular formula is C30H42O7. The summed E-state index contributed by atoms with van der Waals surface area (Å²) in [6.45, 7) is 13.2. The smallest absolute Gasteiger partial charge is 0.331 e. The first-order chi connectivity index (χ1) is 17.3. The molecule has 0 bridgehead atoms. The van der Waals surface area contributed by atoms with Gasteiger partial charge in [0.25, 0.3) is 0 Å². The Labute approximate surface area is 220 Å². The van der Waals surface area contributed by atoms with Crippen molar-refractivity contribution in [3.63, 3.8) is 0 Å². The third kappa shape index (κ3) is 5.35. The predicted octanol–water partition coefficient (Wildman–Crippen LogP) is 4.48. The molecule has 0 spiro atoms. The zero-order valence-electron chi connectivity index (χ0n) is 23.2. The minimum Gasteiger partial charge on any atom is -0.455 e. The molecule has 1 aliphatic heterocycles. The number of carbonyl (C=O) groups excluding carboxylic acids is 3. The van der Waals surface area contributed by atoms with Crippen LogP contribution in [0.4, 0.5) is 0 Å². The highest BCUT2D eigenvalue weighted by Crippen LogP contribution is 2.62. The molecule has 0 aromatic heterocycles. The van der Waals surface area contributed by atoms with E-state index in [-0.39, 0.29) is 47.6 Å². The summed E-state index contributed by atoms with van der Waals surface area (Å²) in [5, 5.41) is 11.1. The van der Waals surface area contributed by atoms with Crippen molar-refractivity contribution in [2.45, 2.75) is 104 Å². The summed E-state index contributed by atoms with van der Waals surface area (Å²) < 4.78 is 17.3. The third-order valence-corrected chi connectivity index (χ3v) is 9.05. The predicted molar refractivity (Wildman–Crippen MR) is 138 cm³/mol. The number of aliphatic hydroxyl groups is 1. The van der Waals surface area contributed by atoms with E-state index in [0.717, 1.165) is 18.4 Å². The molecule has 4 rings (SSSR count). The Balaban J connectivity index is 1.68. The molecule has 2 saturated carbocycles. The van der Waals surface area contributed by atoms with Gasteiger partial charge in [0, 0.05) is 19.4 Å². The Bertz CT molecular complexity index is 1040. The van der Waals surface area contributed by atoms with Gasteiger partial charge in [0.1, 0.15) is 12.2 Å². The number of carbonyl (C=O) groups is 3. The second-order valence-corrected chi connectivity index (χ2v) is 12.2. The number of epoxide rings is 1. The highest BCUT2D eigenvalue weighted by Gasteiger charge is 2.61. The van der Waals surface area contributed by atoms with E-state index in [9.17, 15) is 19.5 Å². The lowest BCUT2D eigenvalue weighted by Crippen LogP contribution is -2.48. The van der Waals surface area contributed by atoms with Gasteiger partial charge in [-0.3, -0.25) is 9.59 Å². The SMILES string of the molecule is CCC[C@H]1O[C@H]1/C=C/C(=O)O[C@@H]1C[C@H]2[C@@H](/C=C(\C)C(=O)[C@@]3(OC(C)=O)C[C@@H](C)[C@H](O)[C@@H]3C=C1C)C2(C)C. The number of ether oxygens (including phenoxy) is 3. The zero-order valence-corrected chi connectivity index (χ0v) is 23.2. The maximum atomic E-state index is 13.9. The summed E-state index contributed by atoms with van der Waals surface area (Å²) in [6.07, 6.45) is 8.55. The van der Waals surface area contributed by atoms with E-state index >= 15 is 0 Å². The average Bonchev–Trinajstić information content (AvgIpc) is 3.65. The molecule has 1 N–H and O–H groups in total. The summed E-state index contributed by atoms with van der Waals surface area (Å²) >= 11 is 0. The number of Topliss-reactive ketones (excluding diaryl/α,β-unsaturated/α-hetero) is 1. The Hall–Kier alpha value is -2.25. The van der Waals surface area contributed by atoms with E-state index in [1.165, 1.54) is 13.0 Å². The first-order valence-corrected chi connectivity index (χ1v) is 13.6. The highest BCUT2D eigenvalue weighted by atomic mass is 16.6. The molecule has 0 aromatic carbocycles. The Kier molecular flexibility index (Phi) is 7.61. The number of esters is 2. The van der Waals surface area contributed by atoms with Gasteiger partial charge in [-0.1, -0.05) is 46.3 Å². The van der Waals surface area contributed by atoms with Crippen molar-refractivity contribution < 1.29 is 33.7 Å². The minimum atomic E-state index is -1.49. The van der Waals surface area contributed by atoms with E-state index in [4.69, 9.17) is 14.2 Å². The fourth-order valence-corrected chi connectivity index (χ4v) is 6.64. The molecule has 0 aromatic rings. The molecule has 0 unspecified atom stereocenters. The lowest BCUT2D eigenvalue weighted by Gasteiger charge is -2.34. The van der Waals surface area contributed by atoms with Gasteiger partial charge in [-0.2, -0.15) is 0 Å². The number of aliphatic hydroxyl groups excluding tert-OH is 1. The first-order valence-electron chi connectivity index (χ1n) is 13.6. The first kappa shape index (κ1) is 27.8. The molecule has 7 heteroatoms. The normalized spacial score (nSPS) is 42.0. The van der Waals surface area contributed by atoms with Crippen LogP contribution in [0.2, 0.25) is 0 Å². The van der Waals surface area contributed by atoms with Gasteiger partial charge < -0.3 is 19.3 Å². The van der Waals surface area contributed by atoms with Gasteiger partial charge in [-0.05, 0) is 67.1 Å². The van der Waals surface area contributed by atoms with Crippen LogP contribution in [0.3, 0.4) is 0 Å². The van der Waals surface area contributed by atoms with Gasteiger partial charge >= 0.3 is 11.9 Å². The zero-order chi connectivity index (χ0) is 27.3. The van der Waals surface area contributed by atoms with Gasteiger partial charge in [0.15, 0.2) is 5.60 Å². The van der Waals surface area contributed by atoms with E-state index < -0.39 is 35.7 Å². The number of ketones is 1. The van der Waals surface area contributed by atoms with Crippen molar-refractivity contribution in [1.29, 1.82) is 0 Å². The molecule has 3 fully saturated rings. The number of hydrogen-bond acceptors (Lipinski definition) is 7. The summed E-state index contributed by atoms with van der Waals surface area (Å²) in [5.74, 6) is -1.91. The molecule has 1 saturated heterocycles. The molecule has 3 aliphatic carbocycles. The average molecular weight is 515 g/mol. The summed E-state index contributed by atoms with van der Waals surface area (Å²) in [6, 6.07) is 0. The fourth-order valence-electron chi connectivity index (χ4n) is 6.64. The second-order valence-electron chi connectivity index (χ2n) is 12.2. The minimum absolute atomic E-state index is 0.0398. The van der Waals surface area contributed by atoms with Gasteiger partial charge in [0.2, 0.25) is 5.78 Å². The van der Waals surface area contributed by atoms with Crippen molar-refractivity contribution in [2.24, 2.45) is 29.1 Å². The van der Waals surface area contributed by atoms with E-state index in [1.54, 1.807) is 19.1 Å². The topological polar surface area (TPSA) is 102 Å². The van der Waals surface area contributed by atoms with Gasteiger partial charge in [-0.25, -0.2) is 4.79 Å². The van der Waals surface area contributed by atoms with Crippen LogP contribution in [-0.4, -0.2) is 52.8 Å². The third-order valence-electron chi connectivity index (χ3n) is 9.05. The Morgan fingerprint density at radius 2 is 1.92 bits per heavy atom. The molecule has 1 heterocycles. The van der Waals surface area contributed by atoms with Gasteiger partial charge in [-0.15, -0.1) is 0 Å². The van der Waals surface area contributed by atoms with Crippen molar-refractivity contribution in [2.75, 3.05) is 0 Å². The largest absolute Gasteiger partial charge is 0.455 e. The number of allylic oxidation sites excluding steroid dienone is 1. The number of hydrogen-bond donors (Lipinski definition) is 1. The van der Waals surface area contributed by atoms with E-state index in [1.807, 2.05) is 19.9 Å². The van der Waals surface area contributed by atoms with Crippen LogP contribution in [0.5, 0.6) is 0 Å². The van der Waals surface area contributed by atoms with Crippen molar-refractivity contribution >= 4 is 17.7 Å². The van der Waals surface area contributed by atoms with Crippen molar-refractivity contribution in [3.05, 3.63) is 35.5 Å². The van der Waals surface area contributed by atoms with Gasteiger partial charge in [0.05, 0.1) is 18.1 Å². The molecule has 204 valence electrons. The molecule has 0 amide bonds. The lowest BCUT2D eigenvalue weighted by atomic mass is 9.80. The second kappa shape index (κ2) is 10.1. The molecule has 0 radical (unpaired) electrons. The fraction of sp³-hybridized carbons (Fsp3) is 0.700. The van der Waals surface area contributed by atoms with E-state index in [0.29, 0.717) is 12.0 Å². The van der Waals surface area contributed by atoms with Crippen LogP contribution in [-0.2, 0) is 28.6 Å². The van der Waals surface area contributed by atoms with Crippen LogP contribution >= 0.6 is 0 Å². The molecule has 7 nitrogen and oxygen atoms in total. The van der Waals surface area contributed by atoms with Crippen molar-refractivity contribution in [1.82, 2.24) is 0 Å². The Morgan fingerprint density at radius 3 is 2.57 bits per heavy atom. The van der Waals surface area contributed by atoms with Crippen LogP contribution in [0.1, 0.15) is 74.1 Å². The molecule has 4 aliphatic rings. The lowest BCUT2D eigenvalue weighted by molar-refractivity contribution is -0.168. The number of fused-ring (bicyclic) bond motifs is 2. The quantitative estimate of drug-likeness (QED) is 0.241. The number of rotatable bonds is 6. The van der Waals surface area contributed by atoms with Crippen LogP contribution in [0, 0.1) is 29.1 Å². The summed E-state index contributed by atoms with van der Waals surface area (Å²) in [7, 11) is 0. The molecular weight excluding hydrogens is 472 g/mol. The standard InChI is InChI=1S/C30H42O7/c1-8-9-23-24(35-23)10-11-26(32)36-25-14-21-20(29(21,6)7)13-17(3)28(34)30(37-19(5)31)15-18(4)27(33)22(30)12-16(25)2/h10-13,18,20-25,27,33H,8-9,14-15H2,1-7H3/b11-10+,16-12?,17-13+/t18-,20-,21+,22+,23-,24+,25-,27+,30-/m1/s1. The highest BCUT2D eigenvalue weighted by molar-refractivity contribution is 6.03. The van der Waals surface area contributed by atoms with Crippen LogP contribution < -0.4 is 0 Å². The molecule has 37 heavy (non-hydrogen) atoms. The summed E-state index contributed by atoms with van der Waals surface area (Å²) in [4.78, 5) is 38.9. The van der Waals surface area contributed by atoms with Crippen molar-refractivity contribution in [3.8, 4) is 0 Å². The maximum Gasteiger partial charge on any atom is 0.331 e. The monoisotopic (exact) mass is 514 g/mol. The van der Waals surface area contributed by atoms with E-state index in [2.05, 4.69) is 20.8 Å². The Morgan fingerprint density at radius 1 is 1.22 bits per heavy atom. The maximum absolute atomic E-state index is 13.9. The van der Waals surface area contributed by atoms with Crippen LogP contribution in [0.15, 0.2) is 35.5 Å². The molecule has 9 atom stereocenters.